The molecule has 0 saturated carbocycles. The van der Waals surface area contributed by atoms with Gasteiger partial charge in [0.05, 0.1) is 0 Å². The van der Waals surface area contributed by atoms with Crippen LogP contribution in [-0.2, 0) is 4.79 Å². The van der Waals surface area contributed by atoms with Crippen LogP contribution in [0.4, 0.5) is 0 Å². The Labute approximate surface area is 171 Å². The lowest BCUT2D eigenvalue weighted by Crippen LogP contribution is -2.39. The molecule has 2 amide bonds. The molecule has 0 aromatic heterocycles. The van der Waals surface area contributed by atoms with Gasteiger partial charge < -0.3 is 14.5 Å². The molecule has 29 heavy (non-hydrogen) atoms. The Morgan fingerprint density at radius 3 is 2.17 bits per heavy atom. The highest BCUT2D eigenvalue weighted by Gasteiger charge is 2.23. The Hall–Kier alpha value is -3.15. The molecule has 0 atom stereocenters. The molecule has 152 valence electrons. The number of rotatable bonds is 6. The van der Waals surface area contributed by atoms with Crippen molar-refractivity contribution in [2.24, 2.45) is 0 Å². The number of carbonyl (C=O) groups excluding carboxylic acids is 3. The molecule has 0 bridgehead atoms. The highest BCUT2D eigenvalue weighted by molar-refractivity contribution is 5.96. The molecule has 1 fully saturated rings. The van der Waals surface area contributed by atoms with Gasteiger partial charge in [0.15, 0.2) is 12.4 Å². The topological polar surface area (TPSA) is 66.9 Å². The van der Waals surface area contributed by atoms with Gasteiger partial charge in [0.1, 0.15) is 5.75 Å². The zero-order valence-electron chi connectivity index (χ0n) is 16.7. The fourth-order valence-corrected chi connectivity index (χ4v) is 3.31. The summed E-state index contributed by atoms with van der Waals surface area (Å²) in [5.74, 6) is 0.527. The van der Waals surface area contributed by atoms with Crippen LogP contribution in [-0.4, -0.2) is 60.2 Å². The number of Topliss-reactive ketones (excluding diaryl/α,β-unsaturated/α-hetero) is 1. The normalized spacial score (nSPS) is 14.2. The van der Waals surface area contributed by atoms with Crippen molar-refractivity contribution in [3.05, 3.63) is 65.7 Å². The van der Waals surface area contributed by atoms with E-state index in [0.29, 0.717) is 49.5 Å². The molecule has 0 radical (unpaired) electrons. The predicted octanol–water partition coefficient (Wildman–Crippen LogP) is 3.03. The van der Waals surface area contributed by atoms with E-state index in [1.807, 2.05) is 37.3 Å². The summed E-state index contributed by atoms with van der Waals surface area (Å²) in [6, 6.07) is 16.0. The van der Waals surface area contributed by atoms with Crippen molar-refractivity contribution in [2.75, 3.05) is 32.8 Å². The summed E-state index contributed by atoms with van der Waals surface area (Å²) in [6.07, 6.45) is 1.19. The van der Waals surface area contributed by atoms with Crippen LogP contribution in [0.3, 0.4) is 0 Å². The Balaban J connectivity index is 1.50. The van der Waals surface area contributed by atoms with Crippen molar-refractivity contribution < 1.29 is 19.1 Å². The van der Waals surface area contributed by atoms with Crippen LogP contribution in [0.5, 0.6) is 5.75 Å². The molecule has 0 aliphatic carbocycles. The van der Waals surface area contributed by atoms with Crippen LogP contribution in [0.2, 0.25) is 0 Å². The van der Waals surface area contributed by atoms with Crippen LogP contribution in [0.15, 0.2) is 54.6 Å². The first-order valence-electron chi connectivity index (χ1n) is 9.96. The molecule has 1 heterocycles. The van der Waals surface area contributed by atoms with Gasteiger partial charge in [-0.3, -0.25) is 14.4 Å². The molecule has 2 aromatic carbocycles. The number of nitrogens with zero attached hydrogens (tertiary/aromatic N) is 2. The minimum absolute atomic E-state index is 0.00198. The van der Waals surface area contributed by atoms with Crippen molar-refractivity contribution in [3.8, 4) is 5.75 Å². The highest BCUT2D eigenvalue weighted by atomic mass is 16.5. The average molecular weight is 394 g/mol. The number of ether oxygens (including phenoxy) is 1. The molecule has 0 spiro atoms. The summed E-state index contributed by atoms with van der Waals surface area (Å²) in [7, 11) is 0. The van der Waals surface area contributed by atoms with E-state index in [1.54, 1.807) is 34.1 Å². The molecule has 1 aliphatic heterocycles. The Bertz CT molecular complexity index is 849. The smallest absolute Gasteiger partial charge is 0.260 e. The third-order valence-corrected chi connectivity index (χ3v) is 5.02. The third kappa shape index (κ3) is 5.44. The highest BCUT2D eigenvalue weighted by Crippen LogP contribution is 2.14. The number of carbonyl (C=O) groups is 3. The monoisotopic (exact) mass is 394 g/mol. The van der Waals surface area contributed by atoms with Gasteiger partial charge in [0.2, 0.25) is 0 Å². The summed E-state index contributed by atoms with van der Waals surface area (Å²) in [4.78, 5) is 40.4. The summed E-state index contributed by atoms with van der Waals surface area (Å²) in [5, 5.41) is 0. The van der Waals surface area contributed by atoms with Crippen LogP contribution < -0.4 is 4.74 Å². The van der Waals surface area contributed by atoms with Gasteiger partial charge in [0, 0.05) is 43.7 Å². The quantitative estimate of drug-likeness (QED) is 0.707. The van der Waals surface area contributed by atoms with Gasteiger partial charge in [-0.25, -0.2) is 0 Å². The lowest BCUT2D eigenvalue weighted by Gasteiger charge is -2.22. The summed E-state index contributed by atoms with van der Waals surface area (Å²) < 4.78 is 5.59. The summed E-state index contributed by atoms with van der Waals surface area (Å²) in [6.45, 7) is 3.99. The van der Waals surface area contributed by atoms with Crippen molar-refractivity contribution >= 4 is 17.6 Å². The zero-order valence-corrected chi connectivity index (χ0v) is 16.7. The first-order chi connectivity index (χ1) is 14.1. The van der Waals surface area contributed by atoms with E-state index in [-0.39, 0.29) is 24.2 Å². The zero-order chi connectivity index (χ0) is 20.6. The second kappa shape index (κ2) is 9.87. The minimum atomic E-state index is -0.104. The van der Waals surface area contributed by atoms with Crippen molar-refractivity contribution in [2.45, 2.75) is 19.8 Å². The first-order valence-corrected chi connectivity index (χ1v) is 9.96. The van der Waals surface area contributed by atoms with Gasteiger partial charge in [0.25, 0.3) is 11.8 Å². The number of hydrogen-bond donors (Lipinski definition) is 0. The average Bonchev–Trinajstić information content (AvgIpc) is 3.04. The molecular weight excluding hydrogens is 368 g/mol. The minimum Gasteiger partial charge on any atom is -0.484 e. The van der Waals surface area contributed by atoms with Crippen LogP contribution >= 0.6 is 0 Å². The van der Waals surface area contributed by atoms with E-state index in [4.69, 9.17) is 4.74 Å². The van der Waals surface area contributed by atoms with Crippen LogP contribution in [0.25, 0.3) is 0 Å². The SMILES string of the molecule is CCC(=O)c1ccc(OCC(=O)N2CCCN(C(=O)c3ccccc3)CC2)cc1. The molecule has 6 nitrogen and oxygen atoms in total. The number of hydrogen-bond acceptors (Lipinski definition) is 4. The Kier molecular flexibility index (Phi) is 7.00. The maximum absolute atomic E-state index is 12.6. The molecule has 6 heteroatoms. The maximum Gasteiger partial charge on any atom is 0.260 e. The van der Waals surface area contributed by atoms with Crippen LogP contribution in [0.1, 0.15) is 40.5 Å². The number of amides is 2. The molecule has 1 saturated heterocycles. The Morgan fingerprint density at radius 1 is 0.828 bits per heavy atom. The van der Waals surface area contributed by atoms with E-state index in [2.05, 4.69) is 0 Å². The van der Waals surface area contributed by atoms with E-state index < -0.39 is 0 Å². The molecule has 1 aliphatic rings. The Morgan fingerprint density at radius 2 is 1.48 bits per heavy atom. The third-order valence-electron chi connectivity index (χ3n) is 5.02. The molecule has 0 unspecified atom stereocenters. The van der Waals surface area contributed by atoms with E-state index in [9.17, 15) is 14.4 Å². The van der Waals surface area contributed by atoms with Gasteiger partial charge in [-0.1, -0.05) is 25.1 Å². The molecule has 3 rings (SSSR count). The van der Waals surface area contributed by atoms with E-state index in [1.165, 1.54) is 0 Å². The maximum atomic E-state index is 12.6. The number of benzene rings is 2. The van der Waals surface area contributed by atoms with Crippen molar-refractivity contribution in [1.29, 1.82) is 0 Å². The molecule has 2 aromatic rings. The second-order valence-corrected chi connectivity index (χ2v) is 6.98. The van der Waals surface area contributed by atoms with Gasteiger partial charge >= 0.3 is 0 Å². The van der Waals surface area contributed by atoms with Gasteiger partial charge in [-0.2, -0.15) is 0 Å². The van der Waals surface area contributed by atoms with Crippen LogP contribution in [0, 0.1) is 0 Å². The fourth-order valence-electron chi connectivity index (χ4n) is 3.31. The second-order valence-electron chi connectivity index (χ2n) is 6.98. The summed E-state index contributed by atoms with van der Waals surface area (Å²) >= 11 is 0. The lowest BCUT2D eigenvalue weighted by atomic mass is 10.1. The fraction of sp³-hybridized carbons (Fsp3) is 0.348. The number of ketones is 1. The van der Waals surface area contributed by atoms with Crippen molar-refractivity contribution in [1.82, 2.24) is 9.80 Å². The van der Waals surface area contributed by atoms with Gasteiger partial charge in [-0.15, -0.1) is 0 Å². The molecular formula is C23H26N2O4. The van der Waals surface area contributed by atoms with Crippen molar-refractivity contribution in [3.63, 3.8) is 0 Å². The first kappa shape index (κ1) is 20.6. The van der Waals surface area contributed by atoms with E-state index >= 15 is 0 Å². The lowest BCUT2D eigenvalue weighted by molar-refractivity contribution is -0.133. The largest absolute Gasteiger partial charge is 0.484 e. The predicted molar refractivity (Wildman–Crippen MR) is 110 cm³/mol. The standard InChI is InChI=1S/C23H26N2O4/c1-2-21(26)18-9-11-20(12-10-18)29-17-22(27)24-13-6-14-25(16-15-24)23(28)19-7-4-3-5-8-19/h3-5,7-12H,2,6,13-17H2,1H3. The van der Waals surface area contributed by atoms with Gasteiger partial charge in [-0.05, 0) is 42.8 Å². The van der Waals surface area contributed by atoms with E-state index in [0.717, 1.165) is 6.42 Å². The summed E-state index contributed by atoms with van der Waals surface area (Å²) in [5.41, 5.74) is 1.31. The molecule has 0 N–H and O–H groups in total.